The van der Waals surface area contributed by atoms with Crippen LogP contribution in [0.15, 0.2) is 54.6 Å². The molecule has 0 bridgehead atoms. The number of nitrogens with zero attached hydrogens (tertiary/aromatic N) is 2. The number of carboxylic acid groups (broad SMARTS) is 3. The summed E-state index contributed by atoms with van der Waals surface area (Å²) in [6.07, 6.45) is 0.104. The number of amides is 14. The summed E-state index contributed by atoms with van der Waals surface area (Å²) in [7, 11) is 0. The largest absolute Gasteiger partial charge is 0.508 e. The number of carboxylic acids is 3. The summed E-state index contributed by atoms with van der Waals surface area (Å²) in [5.41, 5.74) is 18.3. The fourth-order valence-corrected chi connectivity index (χ4v) is 11.8. The highest BCUT2D eigenvalue weighted by atomic mass is 16.4. The van der Waals surface area contributed by atoms with Crippen LogP contribution in [0.25, 0.3) is 0 Å². The average Bonchev–Trinajstić information content (AvgIpc) is 1.74. The van der Waals surface area contributed by atoms with Gasteiger partial charge in [0.05, 0.1) is 6.04 Å². The lowest BCUT2D eigenvalue weighted by Gasteiger charge is -2.30. The minimum Gasteiger partial charge on any atom is -0.508 e. The molecule has 22 N–H and O–H groups in total. The van der Waals surface area contributed by atoms with Crippen LogP contribution in [-0.4, -0.2) is 248 Å². The van der Waals surface area contributed by atoms with Crippen LogP contribution in [0, 0.1) is 0 Å². The van der Waals surface area contributed by atoms with Crippen molar-refractivity contribution in [2.75, 3.05) is 26.2 Å². The van der Waals surface area contributed by atoms with Gasteiger partial charge in [0.2, 0.25) is 82.7 Å². The number of carbonyl (C=O) groups is 17. The van der Waals surface area contributed by atoms with Crippen LogP contribution in [0.4, 0.5) is 0 Å². The van der Waals surface area contributed by atoms with Crippen LogP contribution >= 0.6 is 0 Å². The highest BCUT2D eigenvalue weighted by Gasteiger charge is 2.41. The number of rotatable bonds is 45. The average molecular weight is 1530 g/mol. The lowest BCUT2D eigenvalue weighted by Crippen LogP contribution is -2.60. The fraction of sp³-hybridized carbons (Fsp3) is 0.592. The lowest BCUT2D eigenvalue weighted by molar-refractivity contribution is -0.144. The third-order valence-electron chi connectivity index (χ3n) is 18.2. The van der Waals surface area contributed by atoms with Crippen LogP contribution in [0.1, 0.15) is 149 Å². The van der Waals surface area contributed by atoms with Crippen LogP contribution in [-0.2, 0) is 94.3 Å². The molecule has 2 aromatic carbocycles. The maximum Gasteiger partial charge on any atom is 0.325 e. The Morgan fingerprint density at radius 3 is 1.16 bits per heavy atom. The molecule has 2 aromatic rings. The highest BCUT2D eigenvalue weighted by Crippen LogP contribution is 2.22. The topological polar surface area (TPSA) is 600 Å². The first-order chi connectivity index (χ1) is 51.5. The van der Waals surface area contributed by atoms with E-state index in [0.29, 0.717) is 43.2 Å². The third-order valence-corrected chi connectivity index (χ3v) is 18.2. The van der Waals surface area contributed by atoms with Gasteiger partial charge < -0.3 is 111 Å². The van der Waals surface area contributed by atoms with E-state index < -0.39 is 210 Å². The zero-order chi connectivity index (χ0) is 81.4. The van der Waals surface area contributed by atoms with Gasteiger partial charge in [-0.2, -0.15) is 0 Å². The standard InChI is InChI=1S/C71H107N17O21/c1-37(57(94)76-38(2)59(96)79-41(5)69(106)87-33-15-21-53(87)67(104)81-43(7)71(108)109)75-58(95)39(3)77-62(99)48(19-11-13-31-72)82-65(102)51(36-45-23-25-46(89)26-24-45)85-60(97)40(4)78-63(100)50(28-30-56(92)93)83-66(103)52(35-44-17-9-8-10-18-44)86-64(101)49(20-12-14-32-73)84-68(105)54-22-16-34-88(54)70(107)42(6)80-61(98)47(74)27-29-55(90)91/h8-10,17-18,23-26,37-43,47-54,89H,11-16,19-22,27-36,72-74H2,1-7H3,(H,75,95)(H,76,94)(H,77,99)(H,78,100)(H,79,96)(H,80,98)(H,81,104)(H,82,102)(H,83,103)(H,84,105)(H,85,97)(H,86,101)(H,90,91)(H,92,93)(H,108,109)/t37-,38-,39-,40-,41-,42-,43-,47-,48-,49-,50-,51-,52-,53-,54-/m0/s1. The van der Waals surface area contributed by atoms with Gasteiger partial charge in [0, 0.05) is 38.8 Å². The van der Waals surface area contributed by atoms with Crippen LogP contribution < -0.4 is 81.0 Å². The van der Waals surface area contributed by atoms with Crippen molar-refractivity contribution < 1.29 is 102 Å². The molecule has 2 aliphatic heterocycles. The Morgan fingerprint density at radius 1 is 0.385 bits per heavy atom. The van der Waals surface area contributed by atoms with Gasteiger partial charge in [-0.3, -0.25) is 81.5 Å². The number of nitrogens with one attached hydrogen (secondary N) is 12. The van der Waals surface area contributed by atoms with Crippen molar-refractivity contribution in [2.24, 2.45) is 17.2 Å². The number of hydrogen-bond donors (Lipinski definition) is 19. The smallest absolute Gasteiger partial charge is 0.325 e. The summed E-state index contributed by atoms with van der Waals surface area (Å²) in [4.78, 5) is 230. The number of nitrogens with two attached hydrogens (primary N) is 3. The number of aromatic hydroxyl groups is 1. The molecule has 4 rings (SSSR count). The van der Waals surface area contributed by atoms with Crippen molar-refractivity contribution in [3.8, 4) is 5.75 Å². The summed E-state index contributed by atoms with van der Waals surface area (Å²) < 4.78 is 0. The van der Waals surface area contributed by atoms with E-state index in [1.165, 1.54) is 82.5 Å². The number of benzene rings is 2. The Morgan fingerprint density at radius 2 is 0.725 bits per heavy atom. The van der Waals surface area contributed by atoms with E-state index in [9.17, 15) is 96.8 Å². The molecular formula is C71H107N17O21. The van der Waals surface area contributed by atoms with E-state index in [4.69, 9.17) is 22.3 Å². The molecule has 0 saturated carbocycles. The molecule has 0 aliphatic carbocycles. The van der Waals surface area contributed by atoms with Gasteiger partial charge in [0.15, 0.2) is 0 Å². The van der Waals surface area contributed by atoms with Gasteiger partial charge in [-0.05, 0) is 162 Å². The molecule has 15 atom stereocenters. The summed E-state index contributed by atoms with van der Waals surface area (Å²) in [6, 6.07) is -6.23. The monoisotopic (exact) mass is 1530 g/mol. The number of likely N-dealkylation sites (tertiary alicyclic amines) is 2. The van der Waals surface area contributed by atoms with Gasteiger partial charge in [0.25, 0.3) is 0 Å². The van der Waals surface area contributed by atoms with E-state index in [1.807, 2.05) is 0 Å². The number of phenols is 1. The molecule has 2 aliphatic rings. The van der Waals surface area contributed by atoms with E-state index in [-0.39, 0.29) is 83.3 Å². The first-order valence-corrected chi connectivity index (χ1v) is 36.4. The van der Waals surface area contributed by atoms with Crippen molar-refractivity contribution in [2.45, 2.75) is 242 Å². The Balaban J connectivity index is 1.48. The lowest BCUT2D eigenvalue weighted by atomic mass is 10.0. The van der Waals surface area contributed by atoms with E-state index in [1.54, 1.807) is 30.3 Å². The second kappa shape index (κ2) is 45.0. The fourth-order valence-electron chi connectivity index (χ4n) is 11.8. The van der Waals surface area contributed by atoms with Crippen LogP contribution in [0.2, 0.25) is 0 Å². The van der Waals surface area contributed by atoms with Crippen molar-refractivity contribution in [3.63, 3.8) is 0 Å². The van der Waals surface area contributed by atoms with E-state index in [2.05, 4.69) is 63.8 Å². The Labute approximate surface area is 630 Å². The third kappa shape index (κ3) is 30.0. The molecule has 109 heavy (non-hydrogen) atoms. The summed E-state index contributed by atoms with van der Waals surface area (Å²) in [5.74, 6) is -15.8. The van der Waals surface area contributed by atoms with Gasteiger partial charge in [-0.1, -0.05) is 42.5 Å². The minimum atomic E-state index is -1.71. The van der Waals surface area contributed by atoms with Crippen LogP contribution in [0.3, 0.4) is 0 Å². The maximum atomic E-state index is 14.6. The number of aliphatic carboxylic acids is 3. The Hall–Kier alpha value is -10.9. The van der Waals surface area contributed by atoms with Crippen molar-refractivity contribution in [3.05, 3.63) is 65.7 Å². The number of carbonyl (C=O) groups excluding carboxylic acids is 14. The van der Waals surface area contributed by atoms with E-state index in [0.717, 1.165) is 0 Å². The Kier molecular flexibility index (Phi) is 37.4. The van der Waals surface area contributed by atoms with Crippen LogP contribution in [0.5, 0.6) is 5.75 Å². The number of unbranched alkanes of at least 4 members (excludes halogenated alkanes) is 2. The molecule has 602 valence electrons. The number of hydrogen-bond acceptors (Lipinski definition) is 21. The first-order valence-electron chi connectivity index (χ1n) is 36.4. The van der Waals surface area contributed by atoms with Crippen molar-refractivity contribution in [1.82, 2.24) is 73.6 Å². The first kappa shape index (κ1) is 90.5. The molecule has 0 radical (unpaired) electrons. The van der Waals surface area contributed by atoms with Gasteiger partial charge in [-0.25, -0.2) is 0 Å². The van der Waals surface area contributed by atoms with Gasteiger partial charge in [-0.15, -0.1) is 0 Å². The molecule has 2 heterocycles. The predicted molar refractivity (Wildman–Crippen MR) is 389 cm³/mol. The molecule has 38 heteroatoms. The minimum absolute atomic E-state index is 0.0116. The second-order valence-electron chi connectivity index (χ2n) is 27.2. The summed E-state index contributed by atoms with van der Waals surface area (Å²) >= 11 is 0. The molecule has 2 fully saturated rings. The molecule has 14 amide bonds. The summed E-state index contributed by atoms with van der Waals surface area (Å²) in [6.45, 7) is 9.75. The van der Waals surface area contributed by atoms with E-state index >= 15 is 0 Å². The molecule has 0 aromatic heterocycles. The molecule has 38 nitrogen and oxygen atoms in total. The summed E-state index contributed by atoms with van der Waals surface area (Å²) in [5, 5.41) is 68.3. The maximum absolute atomic E-state index is 14.6. The quantitative estimate of drug-likeness (QED) is 0.0278. The van der Waals surface area contributed by atoms with Gasteiger partial charge in [0.1, 0.15) is 90.3 Å². The van der Waals surface area contributed by atoms with Gasteiger partial charge >= 0.3 is 17.9 Å². The molecule has 0 unspecified atom stereocenters. The molecular weight excluding hydrogens is 1430 g/mol. The Bertz CT molecular complexity index is 3530. The molecule has 2 saturated heterocycles. The zero-order valence-corrected chi connectivity index (χ0v) is 62.4. The SMILES string of the molecule is C[C@H](NC(=O)[C@@H]1CCCN1C(=O)[C@H](C)NC(=O)[C@H](C)NC(=O)[C@H](C)NC(=O)[C@H](C)NC(=O)[C@H](CCCCN)NC(=O)[C@H](Cc1ccc(O)cc1)NC(=O)[C@H](C)NC(=O)[C@H](CCC(=O)O)NC(=O)[C@H](Cc1ccccc1)NC(=O)[C@H](CCCCN)NC(=O)[C@@H]1CCCN1C(=O)[C@H](C)NC(=O)[C@@H](N)CCC(=O)O)C(=O)O. The molecule has 0 spiro atoms. The van der Waals surface area contributed by atoms with Crippen molar-refractivity contribution >= 4 is 101 Å². The highest BCUT2D eigenvalue weighted by molar-refractivity contribution is 6.00. The predicted octanol–water partition coefficient (Wildman–Crippen LogP) is -4.48. The second-order valence-corrected chi connectivity index (χ2v) is 27.2. The number of phenolic OH excluding ortho intramolecular Hbond substituents is 1. The van der Waals surface area contributed by atoms with Crippen molar-refractivity contribution in [1.29, 1.82) is 0 Å². The zero-order valence-electron chi connectivity index (χ0n) is 62.4. The normalized spacial score (nSPS) is 17.4.